The SMILES string of the molecule is C[C@@H](N=C1NS(=O)(=O)c2ccccc21)C(=O)Nc1ccc2nc(N3CCOCC3)sc2c1. The molecule has 0 saturated carbocycles. The van der Waals surface area contributed by atoms with Crippen LogP contribution in [0.4, 0.5) is 10.8 Å². The number of thiazole rings is 1. The molecule has 9 nitrogen and oxygen atoms in total. The Hall–Kier alpha value is -3.02. The molecule has 0 radical (unpaired) electrons. The summed E-state index contributed by atoms with van der Waals surface area (Å²) in [7, 11) is -3.65. The second-order valence-corrected chi connectivity index (χ2v) is 10.2. The van der Waals surface area contributed by atoms with Gasteiger partial charge in [0.05, 0.1) is 28.3 Å². The van der Waals surface area contributed by atoms with Gasteiger partial charge in [0.15, 0.2) is 5.13 Å². The molecule has 1 saturated heterocycles. The summed E-state index contributed by atoms with van der Waals surface area (Å²) in [6, 6.07) is 11.3. The molecule has 2 N–H and O–H groups in total. The van der Waals surface area contributed by atoms with E-state index in [1.165, 1.54) is 6.07 Å². The van der Waals surface area contributed by atoms with Gasteiger partial charge in [-0.1, -0.05) is 23.5 Å². The number of ether oxygens (including phenoxy) is 1. The summed E-state index contributed by atoms with van der Waals surface area (Å²) < 4.78 is 33.3. The van der Waals surface area contributed by atoms with E-state index in [1.807, 2.05) is 12.1 Å². The van der Waals surface area contributed by atoms with Crippen LogP contribution in [0.5, 0.6) is 0 Å². The minimum Gasteiger partial charge on any atom is -0.378 e. The van der Waals surface area contributed by atoms with Crippen LogP contribution in [0.1, 0.15) is 12.5 Å². The Morgan fingerprint density at radius 3 is 2.84 bits per heavy atom. The Morgan fingerprint density at radius 1 is 1.25 bits per heavy atom. The molecule has 1 atom stereocenters. The number of aliphatic imine (C=N–C) groups is 1. The van der Waals surface area contributed by atoms with Gasteiger partial charge >= 0.3 is 0 Å². The average molecular weight is 472 g/mol. The number of hydrogen-bond acceptors (Lipinski definition) is 8. The van der Waals surface area contributed by atoms with E-state index in [4.69, 9.17) is 4.74 Å². The molecule has 1 aromatic heterocycles. The van der Waals surface area contributed by atoms with Gasteiger partial charge in [0.2, 0.25) is 5.91 Å². The largest absolute Gasteiger partial charge is 0.378 e. The van der Waals surface area contributed by atoms with Gasteiger partial charge in [0.25, 0.3) is 10.0 Å². The quantitative estimate of drug-likeness (QED) is 0.603. The first-order chi connectivity index (χ1) is 15.4. The number of amidine groups is 1. The molecule has 0 aliphatic carbocycles. The minimum atomic E-state index is -3.65. The van der Waals surface area contributed by atoms with E-state index >= 15 is 0 Å². The summed E-state index contributed by atoms with van der Waals surface area (Å²) in [6.07, 6.45) is 0. The molecule has 2 aromatic carbocycles. The highest BCUT2D eigenvalue weighted by Gasteiger charge is 2.31. The predicted molar refractivity (Wildman–Crippen MR) is 124 cm³/mol. The van der Waals surface area contributed by atoms with Crippen molar-refractivity contribution in [2.45, 2.75) is 17.9 Å². The maximum absolute atomic E-state index is 12.7. The van der Waals surface area contributed by atoms with Crippen LogP contribution in [0.2, 0.25) is 0 Å². The fourth-order valence-corrected chi connectivity index (χ4v) is 5.90. The number of benzene rings is 2. The number of nitrogens with zero attached hydrogens (tertiary/aromatic N) is 3. The smallest absolute Gasteiger partial charge is 0.263 e. The van der Waals surface area contributed by atoms with Gasteiger partial charge in [-0.25, -0.2) is 13.4 Å². The maximum atomic E-state index is 12.7. The van der Waals surface area contributed by atoms with Gasteiger partial charge in [-0.3, -0.25) is 14.5 Å². The molecule has 2 aliphatic rings. The molecule has 0 bridgehead atoms. The molecule has 166 valence electrons. The number of hydrogen-bond donors (Lipinski definition) is 2. The lowest BCUT2D eigenvalue weighted by molar-refractivity contribution is -0.117. The van der Waals surface area contributed by atoms with E-state index < -0.39 is 16.1 Å². The van der Waals surface area contributed by atoms with Crippen LogP contribution in [0.25, 0.3) is 10.2 Å². The van der Waals surface area contributed by atoms with Crippen LogP contribution < -0.4 is 14.9 Å². The molecule has 0 unspecified atom stereocenters. The van der Waals surface area contributed by atoms with Crippen LogP contribution in [-0.2, 0) is 19.6 Å². The van der Waals surface area contributed by atoms with Crippen molar-refractivity contribution in [1.29, 1.82) is 0 Å². The van der Waals surface area contributed by atoms with Crippen molar-refractivity contribution < 1.29 is 17.9 Å². The summed E-state index contributed by atoms with van der Waals surface area (Å²) in [4.78, 5) is 24.1. The van der Waals surface area contributed by atoms with Gasteiger partial charge in [-0.2, -0.15) is 0 Å². The van der Waals surface area contributed by atoms with Crippen LogP contribution >= 0.6 is 11.3 Å². The van der Waals surface area contributed by atoms with Crippen LogP contribution in [0.3, 0.4) is 0 Å². The molecule has 5 rings (SSSR count). The molecule has 11 heteroatoms. The minimum absolute atomic E-state index is 0.165. The lowest BCUT2D eigenvalue weighted by atomic mass is 10.2. The Morgan fingerprint density at radius 2 is 2.03 bits per heavy atom. The Bertz CT molecular complexity index is 1330. The third-order valence-electron chi connectivity index (χ3n) is 5.29. The number of amides is 1. The van der Waals surface area contributed by atoms with E-state index in [0.29, 0.717) is 24.5 Å². The van der Waals surface area contributed by atoms with Gasteiger partial charge in [0.1, 0.15) is 11.9 Å². The molecular weight excluding hydrogens is 450 g/mol. The first-order valence-corrected chi connectivity index (χ1v) is 12.4. The van der Waals surface area contributed by atoms with Crippen molar-refractivity contribution >= 4 is 54.1 Å². The number of sulfonamides is 1. The van der Waals surface area contributed by atoms with E-state index in [0.717, 1.165) is 28.4 Å². The third-order valence-corrected chi connectivity index (χ3v) is 7.77. The topological polar surface area (TPSA) is 113 Å². The normalized spacial score (nSPS) is 19.5. The summed E-state index contributed by atoms with van der Waals surface area (Å²) in [5.74, 6) is -0.158. The molecule has 0 spiro atoms. The molecule has 1 amide bonds. The number of rotatable bonds is 4. The van der Waals surface area contributed by atoms with Crippen molar-refractivity contribution in [3.8, 4) is 0 Å². The summed E-state index contributed by atoms with van der Waals surface area (Å²) in [5.41, 5.74) is 1.98. The zero-order valence-electron chi connectivity index (χ0n) is 17.2. The number of aromatic nitrogens is 1. The predicted octanol–water partition coefficient (Wildman–Crippen LogP) is 2.20. The van der Waals surface area contributed by atoms with Gasteiger partial charge in [0, 0.05) is 24.3 Å². The number of nitrogens with one attached hydrogen (secondary N) is 2. The summed E-state index contributed by atoms with van der Waals surface area (Å²) in [5, 5.41) is 3.81. The molecule has 32 heavy (non-hydrogen) atoms. The molecule has 1 fully saturated rings. The van der Waals surface area contributed by atoms with Gasteiger partial charge < -0.3 is 15.0 Å². The van der Waals surface area contributed by atoms with Crippen molar-refractivity contribution in [2.24, 2.45) is 4.99 Å². The third kappa shape index (κ3) is 3.94. The highest BCUT2D eigenvalue weighted by atomic mass is 32.2. The number of anilines is 2. The second kappa shape index (κ2) is 8.15. The van der Waals surface area contributed by atoms with Crippen molar-refractivity contribution in [1.82, 2.24) is 9.71 Å². The Balaban J connectivity index is 1.33. The molecular formula is C21H21N5O4S2. The maximum Gasteiger partial charge on any atom is 0.263 e. The highest BCUT2D eigenvalue weighted by molar-refractivity contribution is 7.90. The van der Waals surface area contributed by atoms with Gasteiger partial charge in [-0.05, 0) is 37.3 Å². The Labute approximate surface area is 189 Å². The van der Waals surface area contributed by atoms with Crippen LogP contribution in [-0.4, -0.2) is 57.5 Å². The fourth-order valence-electron chi connectivity index (χ4n) is 3.61. The number of fused-ring (bicyclic) bond motifs is 2. The number of morpholine rings is 1. The molecule has 3 heterocycles. The van der Waals surface area contributed by atoms with E-state index in [1.54, 1.807) is 42.5 Å². The van der Waals surface area contributed by atoms with Crippen LogP contribution in [0, 0.1) is 0 Å². The molecule has 3 aromatic rings. The Kier molecular flexibility index (Phi) is 5.31. The standard InChI is InChI=1S/C21H21N5O4S2/c1-13(22-19-15-4-2-3-5-18(15)32(28,29)25-19)20(27)23-14-6-7-16-17(12-14)31-21(24-16)26-8-10-30-11-9-26/h2-7,12-13H,8-11H2,1H3,(H,22,25)(H,23,27)/t13-/m1/s1. The van der Waals surface area contributed by atoms with E-state index in [2.05, 4.69) is 24.9 Å². The summed E-state index contributed by atoms with van der Waals surface area (Å²) >= 11 is 1.58. The molecule has 2 aliphatic heterocycles. The number of carbonyl (C=O) groups excluding carboxylic acids is 1. The first-order valence-electron chi connectivity index (χ1n) is 10.1. The lowest BCUT2D eigenvalue weighted by Crippen LogP contribution is -2.36. The van der Waals surface area contributed by atoms with Gasteiger partial charge in [-0.15, -0.1) is 0 Å². The first kappa shape index (κ1) is 20.9. The fraction of sp³-hybridized carbons (Fsp3) is 0.286. The van der Waals surface area contributed by atoms with E-state index in [-0.39, 0.29) is 16.6 Å². The van der Waals surface area contributed by atoms with Crippen molar-refractivity contribution in [3.05, 3.63) is 48.0 Å². The second-order valence-electron chi connectivity index (χ2n) is 7.52. The number of carbonyl (C=O) groups is 1. The van der Waals surface area contributed by atoms with Crippen LogP contribution in [0.15, 0.2) is 52.4 Å². The zero-order valence-corrected chi connectivity index (χ0v) is 18.9. The van der Waals surface area contributed by atoms with E-state index in [9.17, 15) is 13.2 Å². The summed E-state index contributed by atoms with van der Waals surface area (Å²) in [6.45, 7) is 4.64. The van der Waals surface area contributed by atoms with Crippen molar-refractivity contribution in [3.63, 3.8) is 0 Å². The van der Waals surface area contributed by atoms with Crippen molar-refractivity contribution in [2.75, 3.05) is 36.5 Å². The lowest BCUT2D eigenvalue weighted by Gasteiger charge is -2.25. The monoisotopic (exact) mass is 471 g/mol. The average Bonchev–Trinajstić information content (AvgIpc) is 3.33. The zero-order chi connectivity index (χ0) is 22.3. The highest BCUT2D eigenvalue weighted by Crippen LogP contribution is 2.31.